The Morgan fingerprint density at radius 3 is 2.40 bits per heavy atom. The number of amides is 3. The van der Waals surface area contributed by atoms with Crippen molar-refractivity contribution in [3.63, 3.8) is 0 Å². The van der Waals surface area contributed by atoms with Crippen molar-refractivity contribution in [2.24, 2.45) is 0 Å². The zero-order chi connectivity index (χ0) is 14.9. The van der Waals surface area contributed by atoms with Crippen molar-refractivity contribution in [2.45, 2.75) is 19.4 Å². The summed E-state index contributed by atoms with van der Waals surface area (Å²) in [6.07, 6.45) is -0.0541. The number of imide groups is 1. The van der Waals surface area contributed by atoms with Crippen LogP contribution in [0.2, 0.25) is 0 Å². The zero-order valence-electron chi connectivity index (χ0n) is 10.6. The molecule has 1 saturated heterocycles. The van der Waals surface area contributed by atoms with E-state index in [2.05, 4.69) is 0 Å². The molecule has 1 aromatic rings. The van der Waals surface area contributed by atoms with Crippen LogP contribution in [-0.4, -0.2) is 41.3 Å². The lowest BCUT2D eigenvalue weighted by atomic mass is 10.1. The van der Waals surface area contributed by atoms with Gasteiger partial charge in [0.05, 0.1) is 0 Å². The van der Waals surface area contributed by atoms with Gasteiger partial charge in [-0.3, -0.25) is 14.4 Å². The molecule has 0 saturated carbocycles. The lowest BCUT2D eigenvalue weighted by Gasteiger charge is -2.18. The number of benzene rings is 1. The quantitative estimate of drug-likeness (QED) is 0.713. The Bertz CT molecular complexity index is 656. The summed E-state index contributed by atoms with van der Waals surface area (Å²) in [7, 11) is -4.40. The highest BCUT2D eigenvalue weighted by Gasteiger charge is 2.51. The molecule has 1 fully saturated rings. The summed E-state index contributed by atoms with van der Waals surface area (Å²) in [5.74, 6) is -1.72. The predicted molar refractivity (Wildman–Crippen MR) is 68.3 cm³/mol. The van der Waals surface area contributed by atoms with Crippen molar-refractivity contribution in [3.05, 3.63) is 35.9 Å². The Hall–Kier alpha value is -2.22. The van der Waals surface area contributed by atoms with E-state index >= 15 is 0 Å². The molecule has 1 atom stereocenters. The highest BCUT2D eigenvalue weighted by Crippen LogP contribution is 2.25. The second kappa shape index (κ2) is 5.04. The molecule has 0 bridgehead atoms. The van der Waals surface area contributed by atoms with Gasteiger partial charge in [-0.1, -0.05) is 30.3 Å². The average Bonchev–Trinajstić information content (AvgIpc) is 2.57. The fraction of sp³-hybridized carbons (Fsp3) is 0.250. The van der Waals surface area contributed by atoms with Crippen LogP contribution in [0.1, 0.15) is 12.5 Å². The SMILES string of the molecule is CC(=O)N1[C@@H](Cc2ccccc2)C(=O)N(C=O)S1(=O)=O. The van der Waals surface area contributed by atoms with Gasteiger partial charge in [0.25, 0.3) is 5.91 Å². The van der Waals surface area contributed by atoms with Crippen LogP contribution in [0.3, 0.4) is 0 Å². The lowest BCUT2D eigenvalue weighted by molar-refractivity contribution is -0.136. The van der Waals surface area contributed by atoms with Crippen LogP contribution in [0.5, 0.6) is 0 Å². The van der Waals surface area contributed by atoms with Crippen LogP contribution in [0, 0.1) is 0 Å². The minimum absolute atomic E-state index is 0.0306. The summed E-state index contributed by atoms with van der Waals surface area (Å²) in [6, 6.07) is 7.45. The topological polar surface area (TPSA) is 91.8 Å². The first-order chi connectivity index (χ1) is 9.39. The molecule has 3 amide bonds. The third kappa shape index (κ3) is 2.18. The summed E-state index contributed by atoms with van der Waals surface area (Å²) >= 11 is 0. The second-order valence-corrected chi connectivity index (χ2v) is 5.95. The van der Waals surface area contributed by atoms with Crippen molar-refractivity contribution in [3.8, 4) is 0 Å². The predicted octanol–water partition coefficient (Wildman–Crippen LogP) is -0.310. The van der Waals surface area contributed by atoms with Gasteiger partial charge in [0.1, 0.15) is 6.04 Å². The standard InChI is InChI=1S/C12H12N2O5S/c1-9(16)14-11(7-10-5-3-2-4-6-10)12(17)13(8-15)20(14,18)19/h2-6,8,11H,7H2,1H3/t11-/m0/s1. The molecular formula is C12H12N2O5S. The number of hydrogen-bond acceptors (Lipinski definition) is 5. The molecule has 0 spiro atoms. The van der Waals surface area contributed by atoms with E-state index in [1.165, 1.54) is 0 Å². The molecule has 1 aliphatic heterocycles. The Morgan fingerprint density at radius 1 is 1.30 bits per heavy atom. The third-order valence-electron chi connectivity index (χ3n) is 2.96. The van der Waals surface area contributed by atoms with E-state index in [4.69, 9.17) is 0 Å². The van der Waals surface area contributed by atoms with Crippen LogP contribution >= 0.6 is 0 Å². The van der Waals surface area contributed by atoms with E-state index in [0.717, 1.165) is 6.92 Å². The number of nitrogens with zero attached hydrogens (tertiary/aromatic N) is 2. The number of hydrogen-bond donors (Lipinski definition) is 0. The van der Waals surface area contributed by atoms with E-state index < -0.39 is 28.1 Å². The normalized spacial score (nSPS) is 21.1. The summed E-state index contributed by atoms with van der Waals surface area (Å²) in [6.45, 7) is 1.04. The molecule has 0 N–H and O–H groups in total. The monoisotopic (exact) mass is 296 g/mol. The van der Waals surface area contributed by atoms with Crippen molar-refractivity contribution in [2.75, 3.05) is 0 Å². The smallest absolute Gasteiger partial charge is 0.277 e. The molecule has 2 rings (SSSR count). The maximum atomic E-state index is 12.0. The van der Waals surface area contributed by atoms with Gasteiger partial charge >= 0.3 is 10.2 Å². The number of carbonyl (C=O) groups excluding carboxylic acids is 3. The van der Waals surface area contributed by atoms with Crippen LogP contribution < -0.4 is 0 Å². The van der Waals surface area contributed by atoms with Gasteiger partial charge in [-0.05, 0) is 5.56 Å². The van der Waals surface area contributed by atoms with Crippen molar-refractivity contribution >= 4 is 28.4 Å². The van der Waals surface area contributed by atoms with Gasteiger partial charge in [-0.2, -0.15) is 12.7 Å². The summed E-state index contributed by atoms with van der Waals surface area (Å²) in [5, 5.41) is 0. The van der Waals surface area contributed by atoms with Crippen LogP contribution in [0.15, 0.2) is 30.3 Å². The van der Waals surface area contributed by atoms with Crippen LogP contribution in [-0.2, 0) is 31.0 Å². The molecule has 1 aromatic carbocycles. The highest BCUT2D eigenvalue weighted by atomic mass is 32.2. The second-order valence-electron chi connectivity index (χ2n) is 4.27. The Morgan fingerprint density at radius 2 is 1.90 bits per heavy atom. The van der Waals surface area contributed by atoms with Crippen molar-refractivity contribution in [1.82, 2.24) is 8.61 Å². The first-order valence-electron chi connectivity index (χ1n) is 5.77. The molecule has 20 heavy (non-hydrogen) atoms. The minimum Gasteiger partial charge on any atom is -0.277 e. The van der Waals surface area contributed by atoms with Crippen molar-refractivity contribution < 1.29 is 22.8 Å². The number of rotatable bonds is 3. The number of carbonyl (C=O) groups is 3. The molecule has 1 heterocycles. The lowest BCUT2D eigenvalue weighted by Crippen LogP contribution is -2.40. The Kier molecular flexibility index (Phi) is 3.58. The van der Waals surface area contributed by atoms with Gasteiger partial charge in [0.2, 0.25) is 12.3 Å². The zero-order valence-corrected chi connectivity index (χ0v) is 11.4. The largest absolute Gasteiger partial charge is 0.338 e. The molecule has 0 unspecified atom stereocenters. The fourth-order valence-electron chi connectivity index (χ4n) is 2.11. The fourth-order valence-corrected chi connectivity index (χ4v) is 3.57. The summed E-state index contributed by atoms with van der Waals surface area (Å²) in [5.41, 5.74) is 0.694. The Balaban J connectivity index is 2.43. The molecule has 1 aliphatic rings. The summed E-state index contributed by atoms with van der Waals surface area (Å²) in [4.78, 5) is 34.3. The van der Waals surface area contributed by atoms with E-state index in [1.807, 2.05) is 0 Å². The average molecular weight is 296 g/mol. The molecule has 0 radical (unpaired) electrons. The van der Waals surface area contributed by atoms with Gasteiger partial charge in [-0.25, -0.2) is 4.31 Å². The van der Waals surface area contributed by atoms with Gasteiger partial charge in [-0.15, -0.1) is 0 Å². The van der Waals surface area contributed by atoms with E-state index in [0.29, 0.717) is 9.87 Å². The van der Waals surface area contributed by atoms with Gasteiger partial charge in [0, 0.05) is 13.3 Å². The van der Waals surface area contributed by atoms with Crippen LogP contribution in [0.4, 0.5) is 0 Å². The van der Waals surface area contributed by atoms with E-state index in [9.17, 15) is 22.8 Å². The summed E-state index contributed by atoms with van der Waals surface area (Å²) < 4.78 is 24.4. The molecular weight excluding hydrogens is 284 g/mol. The maximum absolute atomic E-state index is 12.0. The molecule has 0 aliphatic carbocycles. The van der Waals surface area contributed by atoms with Crippen LogP contribution in [0.25, 0.3) is 0 Å². The minimum atomic E-state index is -4.40. The van der Waals surface area contributed by atoms with E-state index in [1.54, 1.807) is 30.3 Å². The molecule has 0 aromatic heterocycles. The van der Waals surface area contributed by atoms with Crippen molar-refractivity contribution in [1.29, 1.82) is 0 Å². The molecule has 106 valence electrons. The first kappa shape index (κ1) is 14.2. The molecule has 7 nitrogen and oxygen atoms in total. The molecule has 8 heteroatoms. The third-order valence-corrected chi connectivity index (χ3v) is 4.73. The Labute approximate surface area is 116 Å². The van der Waals surface area contributed by atoms with E-state index in [-0.39, 0.29) is 17.1 Å². The first-order valence-corrected chi connectivity index (χ1v) is 7.16. The maximum Gasteiger partial charge on any atom is 0.338 e. The van der Waals surface area contributed by atoms with Gasteiger partial charge in [0.15, 0.2) is 0 Å². The highest BCUT2D eigenvalue weighted by molar-refractivity contribution is 7.88. The van der Waals surface area contributed by atoms with Gasteiger partial charge < -0.3 is 0 Å².